The number of amides is 1. The molecule has 1 N–H and O–H groups in total. The molecule has 0 bridgehead atoms. The highest BCUT2D eigenvalue weighted by atomic mass is 16.2. The van der Waals surface area contributed by atoms with Gasteiger partial charge in [0.2, 0.25) is 0 Å². The molecule has 2 aromatic rings. The van der Waals surface area contributed by atoms with Gasteiger partial charge in [-0.2, -0.15) is 10.2 Å². The molecule has 0 saturated carbocycles. The van der Waals surface area contributed by atoms with Crippen molar-refractivity contribution in [1.82, 2.24) is 29.9 Å². The molecule has 0 radical (unpaired) electrons. The third kappa shape index (κ3) is 2.31. The van der Waals surface area contributed by atoms with Crippen LogP contribution in [0.15, 0.2) is 18.6 Å². The van der Waals surface area contributed by atoms with E-state index in [1.165, 1.54) is 0 Å². The van der Waals surface area contributed by atoms with Crippen molar-refractivity contribution in [2.24, 2.45) is 0 Å². The smallest absolute Gasteiger partial charge is 0.270 e. The summed E-state index contributed by atoms with van der Waals surface area (Å²) in [6.45, 7) is 3.68. The van der Waals surface area contributed by atoms with Crippen LogP contribution in [-0.4, -0.2) is 30.5 Å². The minimum Gasteiger partial charge on any atom is -0.341 e. The first-order chi connectivity index (χ1) is 9.79. The van der Waals surface area contributed by atoms with Crippen molar-refractivity contribution >= 4 is 5.91 Å². The average Bonchev–Trinajstić information content (AvgIpc) is 3.07. The normalized spacial score (nSPS) is 17.8. The largest absolute Gasteiger partial charge is 0.341 e. The highest BCUT2D eigenvalue weighted by Crippen LogP contribution is 2.22. The lowest BCUT2D eigenvalue weighted by Crippen LogP contribution is -2.34. The molecule has 1 unspecified atom stereocenters. The summed E-state index contributed by atoms with van der Waals surface area (Å²) in [5.41, 5.74) is 0.600. The van der Waals surface area contributed by atoms with Crippen LogP contribution in [0.25, 0.3) is 0 Å². The molecule has 3 rings (SSSR count). The van der Waals surface area contributed by atoms with E-state index in [1.807, 2.05) is 4.68 Å². The lowest BCUT2D eigenvalue weighted by atomic mass is 10.1. The van der Waals surface area contributed by atoms with Crippen LogP contribution in [0.3, 0.4) is 0 Å². The molecule has 1 atom stereocenters. The van der Waals surface area contributed by atoms with E-state index >= 15 is 0 Å². The first kappa shape index (κ1) is 12.8. The monoisotopic (exact) mass is 274 g/mol. The topological polar surface area (TPSA) is 77.6 Å². The van der Waals surface area contributed by atoms with Crippen molar-refractivity contribution in [2.45, 2.75) is 45.3 Å². The van der Waals surface area contributed by atoms with Gasteiger partial charge in [-0.25, -0.2) is 9.67 Å². The Hall–Kier alpha value is -2.18. The highest BCUT2D eigenvalue weighted by Gasteiger charge is 2.25. The Balaban J connectivity index is 1.76. The van der Waals surface area contributed by atoms with Crippen LogP contribution in [0.4, 0.5) is 0 Å². The van der Waals surface area contributed by atoms with E-state index in [0.29, 0.717) is 5.69 Å². The standard InChI is InChI=1S/C13H18N6O/c1-2-7-18-11(5-6-15-18)13(20)17-10-4-3-8-19-12(10)14-9-16-19/h5-6,9-10H,2-4,7-8H2,1H3,(H,17,20). The van der Waals surface area contributed by atoms with E-state index in [-0.39, 0.29) is 11.9 Å². The molecule has 1 aliphatic heterocycles. The van der Waals surface area contributed by atoms with Gasteiger partial charge < -0.3 is 5.32 Å². The number of rotatable bonds is 4. The van der Waals surface area contributed by atoms with Crippen molar-refractivity contribution in [2.75, 3.05) is 0 Å². The summed E-state index contributed by atoms with van der Waals surface area (Å²) >= 11 is 0. The van der Waals surface area contributed by atoms with Gasteiger partial charge >= 0.3 is 0 Å². The van der Waals surface area contributed by atoms with Crippen LogP contribution >= 0.6 is 0 Å². The van der Waals surface area contributed by atoms with E-state index < -0.39 is 0 Å². The molecule has 20 heavy (non-hydrogen) atoms. The molecule has 7 heteroatoms. The van der Waals surface area contributed by atoms with Crippen LogP contribution < -0.4 is 5.32 Å². The summed E-state index contributed by atoms with van der Waals surface area (Å²) in [4.78, 5) is 16.6. The van der Waals surface area contributed by atoms with Crippen molar-refractivity contribution in [3.63, 3.8) is 0 Å². The molecule has 0 aliphatic carbocycles. The molecule has 3 heterocycles. The summed E-state index contributed by atoms with van der Waals surface area (Å²) in [7, 11) is 0. The fourth-order valence-corrected chi connectivity index (χ4v) is 2.57. The van der Waals surface area contributed by atoms with E-state index in [1.54, 1.807) is 23.3 Å². The summed E-state index contributed by atoms with van der Waals surface area (Å²) in [6.07, 6.45) is 6.04. The minimum atomic E-state index is -0.0996. The maximum atomic E-state index is 12.4. The molecule has 0 spiro atoms. The van der Waals surface area contributed by atoms with Crippen molar-refractivity contribution < 1.29 is 4.79 Å². The molecule has 0 fully saturated rings. The van der Waals surface area contributed by atoms with Gasteiger partial charge in [0, 0.05) is 19.3 Å². The first-order valence-electron chi connectivity index (χ1n) is 7.00. The van der Waals surface area contributed by atoms with Crippen LogP contribution in [0.5, 0.6) is 0 Å². The van der Waals surface area contributed by atoms with Gasteiger partial charge in [0.05, 0.1) is 6.04 Å². The van der Waals surface area contributed by atoms with E-state index in [9.17, 15) is 4.79 Å². The Kier molecular flexibility index (Phi) is 3.49. The zero-order valence-electron chi connectivity index (χ0n) is 11.5. The molecule has 7 nitrogen and oxygen atoms in total. The molecule has 1 amide bonds. The van der Waals surface area contributed by atoms with Gasteiger partial charge in [-0.3, -0.25) is 9.48 Å². The summed E-state index contributed by atoms with van der Waals surface area (Å²) < 4.78 is 3.60. The maximum Gasteiger partial charge on any atom is 0.270 e. The Morgan fingerprint density at radius 1 is 1.50 bits per heavy atom. The molecule has 0 saturated heterocycles. The second-order valence-corrected chi connectivity index (χ2v) is 4.95. The molecular weight excluding hydrogens is 256 g/mol. The van der Waals surface area contributed by atoms with Crippen LogP contribution in [0.1, 0.15) is 48.5 Å². The molecule has 2 aromatic heterocycles. The molecule has 1 aliphatic rings. The van der Waals surface area contributed by atoms with E-state index in [2.05, 4.69) is 27.4 Å². The van der Waals surface area contributed by atoms with E-state index in [4.69, 9.17) is 0 Å². The average molecular weight is 274 g/mol. The molecule has 106 valence electrons. The quantitative estimate of drug-likeness (QED) is 0.907. The molecular formula is C13H18N6O. The number of hydrogen-bond acceptors (Lipinski definition) is 4. The first-order valence-corrected chi connectivity index (χ1v) is 7.00. The maximum absolute atomic E-state index is 12.4. The van der Waals surface area contributed by atoms with Gasteiger partial charge in [0.25, 0.3) is 5.91 Å². The lowest BCUT2D eigenvalue weighted by Gasteiger charge is -2.23. The number of hydrogen-bond donors (Lipinski definition) is 1. The zero-order valence-corrected chi connectivity index (χ0v) is 11.5. The Bertz CT molecular complexity index is 602. The van der Waals surface area contributed by atoms with Crippen LogP contribution in [-0.2, 0) is 13.1 Å². The van der Waals surface area contributed by atoms with Gasteiger partial charge in [-0.15, -0.1) is 0 Å². The Morgan fingerprint density at radius 3 is 3.25 bits per heavy atom. The second kappa shape index (κ2) is 5.44. The number of nitrogens with one attached hydrogen (secondary N) is 1. The number of aromatic nitrogens is 5. The van der Waals surface area contributed by atoms with Gasteiger partial charge in [-0.05, 0) is 25.3 Å². The number of carbonyl (C=O) groups is 1. The zero-order chi connectivity index (χ0) is 13.9. The summed E-state index contributed by atoms with van der Waals surface area (Å²) in [5.74, 6) is 0.739. The number of carbonyl (C=O) groups excluding carboxylic acids is 1. The SMILES string of the molecule is CCCn1nccc1C(=O)NC1CCCn2ncnc21. The van der Waals surface area contributed by atoms with Crippen molar-refractivity contribution in [1.29, 1.82) is 0 Å². The van der Waals surface area contributed by atoms with Crippen LogP contribution in [0.2, 0.25) is 0 Å². The van der Waals surface area contributed by atoms with Crippen molar-refractivity contribution in [3.8, 4) is 0 Å². The Morgan fingerprint density at radius 2 is 2.40 bits per heavy atom. The Labute approximate surface area is 117 Å². The second-order valence-electron chi connectivity index (χ2n) is 4.95. The third-order valence-electron chi connectivity index (χ3n) is 3.51. The fraction of sp³-hybridized carbons (Fsp3) is 0.538. The number of fused-ring (bicyclic) bond motifs is 1. The predicted octanol–water partition coefficient (Wildman–Crippen LogP) is 1.15. The number of aryl methyl sites for hydroxylation is 2. The molecule has 0 aromatic carbocycles. The third-order valence-corrected chi connectivity index (χ3v) is 3.51. The highest BCUT2D eigenvalue weighted by molar-refractivity contribution is 5.92. The van der Waals surface area contributed by atoms with Crippen LogP contribution in [0, 0.1) is 0 Å². The number of nitrogens with zero attached hydrogens (tertiary/aromatic N) is 5. The predicted molar refractivity (Wildman–Crippen MR) is 72.0 cm³/mol. The van der Waals surface area contributed by atoms with Crippen molar-refractivity contribution in [3.05, 3.63) is 30.1 Å². The summed E-state index contributed by atoms with van der Waals surface area (Å²) in [5, 5.41) is 11.4. The summed E-state index contributed by atoms with van der Waals surface area (Å²) in [6, 6.07) is 1.68. The van der Waals surface area contributed by atoms with Gasteiger partial charge in [-0.1, -0.05) is 6.92 Å². The van der Waals surface area contributed by atoms with E-state index in [0.717, 1.165) is 38.2 Å². The van der Waals surface area contributed by atoms with Gasteiger partial charge in [0.1, 0.15) is 17.8 Å². The minimum absolute atomic E-state index is 0.0660. The fourth-order valence-electron chi connectivity index (χ4n) is 2.57. The van der Waals surface area contributed by atoms with Gasteiger partial charge in [0.15, 0.2) is 0 Å². The lowest BCUT2D eigenvalue weighted by molar-refractivity contribution is 0.0916.